The highest BCUT2D eigenvalue weighted by Gasteiger charge is 2.33. The number of aromatic nitrogens is 2. The number of nitrogens with zero attached hydrogens (tertiary/aromatic N) is 2. The molecule has 0 bridgehead atoms. The molecule has 18 heavy (non-hydrogen) atoms. The zero-order chi connectivity index (χ0) is 13.0. The van der Waals surface area contributed by atoms with Crippen molar-refractivity contribution in [1.29, 1.82) is 0 Å². The Balaban J connectivity index is 1.88. The Bertz CT molecular complexity index is 376. The summed E-state index contributed by atoms with van der Waals surface area (Å²) in [6, 6.07) is 0. The molecule has 0 aromatic carbocycles. The van der Waals surface area contributed by atoms with Gasteiger partial charge < -0.3 is 19.3 Å². The molecule has 6 nitrogen and oxygen atoms in total. The summed E-state index contributed by atoms with van der Waals surface area (Å²) in [5, 5.41) is 7.12. The highest BCUT2D eigenvalue weighted by molar-refractivity contribution is 4.93. The van der Waals surface area contributed by atoms with E-state index >= 15 is 0 Å². The van der Waals surface area contributed by atoms with Gasteiger partial charge in [-0.05, 0) is 13.3 Å². The maximum atomic E-state index is 5.74. The van der Waals surface area contributed by atoms with E-state index in [-0.39, 0.29) is 11.7 Å². The molecule has 2 heterocycles. The van der Waals surface area contributed by atoms with E-state index in [0.717, 1.165) is 25.9 Å². The summed E-state index contributed by atoms with van der Waals surface area (Å²) in [7, 11) is 1.66. The summed E-state index contributed by atoms with van der Waals surface area (Å²) >= 11 is 0. The first-order valence-corrected chi connectivity index (χ1v) is 6.37. The number of hydrogen-bond acceptors (Lipinski definition) is 6. The first-order chi connectivity index (χ1) is 8.67. The zero-order valence-electron chi connectivity index (χ0n) is 11.2. The van der Waals surface area contributed by atoms with Gasteiger partial charge in [0, 0.05) is 20.2 Å². The van der Waals surface area contributed by atoms with Crippen LogP contribution in [0.3, 0.4) is 0 Å². The van der Waals surface area contributed by atoms with Gasteiger partial charge in [-0.1, -0.05) is 18.5 Å². The molecule has 0 amide bonds. The molecule has 1 N–H and O–H groups in total. The maximum Gasteiger partial charge on any atom is 0.252 e. The van der Waals surface area contributed by atoms with Crippen LogP contribution in [-0.2, 0) is 16.1 Å². The Kier molecular flexibility index (Phi) is 4.31. The molecule has 1 atom stereocenters. The van der Waals surface area contributed by atoms with Crippen LogP contribution in [-0.4, -0.2) is 35.9 Å². The summed E-state index contributed by atoms with van der Waals surface area (Å²) in [5.41, 5.74) is -0.0985. The molecular weight excluding hydrogens is 234 g/mol. The van der Waals surface area contributed by atoms with E-state index in [0.29, 0.717) is 18.3 Å². The lowest BCUT2D eigenvalue weighted by Gasteiger charge is -2.38. The summed E-state index contributed by atoms with van der Waals surface area (Å²) < 4.78 is 16.2. The van der Waals surface area contributed by atoms with Crippen molar-refractivity contribution < 1.29 is 14.0 Å². The molecule has 0 aliphatic carbocycles. The molecular formula is C12H21N3O3. The minimum Gasteiger partial charge on any atom is -0.373 e. The maximum absolute atomic E-state index is 5.74. The molecule has 1 aromatic heterocycles. The van der Waals surface area contributed by atoms with Crippen LogP contribution in [0.2, 0.25) is 0 Å². The molecule has 2 rings (SSSR count). The summed E-state index contributed by atoms with van der Waals surface area (Å²) in [4.78, 5) is 4.31. The molecule has 0 spiro atoms. The second kappa shape index (κ2) is 5.77. The van der Waals surface area contributed by atoms with Crippen molar-refractivity contribution >= 4 is 0 Å². The van der Waals surface area contributed by atoms with Gasteiger partial charge in [0.2, 0.25) is 5.82 Å². The van der Waals surface area contributed by atoms with Crippen LogP contribution >= 0.6 is 0 Å². The van der Waals surface area contributed by atoms with Crippen molar-refractivity contribution in [2.45, 2.75) is 45.0 Å². The van der Waals surface area contributed by atoms with Gasteiger partial charge in [-0.3, -0.25) is 0 Å². The molecule has 102 valence electrons. The SMILES string of the molecule is CCCC(OC)c1noc(COC2(C)CNC2)n1. The molecule has 1 saturated heterocycles. The monoisotopic (exact) mass is 255 g/mol. The van der Waals surface area contributed by atoms with Gasteiger partial charge in [0.1, 0.15) is 12.7 Å². The second-order valence-electron chi connectivity index (χ2n) is 4.90. The smallest absolute Gasteiger partial charge is 0.252 e. The van der Waals surface area contributed by atoms with E-state index in [4.69, 9.17) is 14.0 Å². The van der Waals surface area contributed by atoms with Crippen molar-refractivity contribution in [3.63, 3.8) is 0 Å². The Morgan fingerprint density at radius 1 is 1.50 bits per heavy atom. The number of ether oxygens (including phenoxy) is 2. The molecule has 0 radical (unpaired) electrons. The topological polar surface area (TPSA) is 69.4 Å². The van der Waals surface area contributed by atoms with Gasteiger partial charge in [0.15, 0.2) is 0 Å². The Morgan fingerprint density at radius 3 is 2.83 bits per heavy atom. The molecule has 6 heteroatoms. The van der Waals surface area contributed by atoms with E-state index in [9.17, 15) is 0 Å². The van der Waals surface area contributed by atoms with Crippen molar-refractivity contribution in [1.82, 2.24) is 15.5 Å². The third kappa shape index (κ3) is 3.07. The second-order valence-corrected chi connectivity index (χ2v) is 4.90. The van der Waals surface area contributed by atoms with E-state index in [1.54, 1.807) is 7.11 Å². The quantitative estimate of drug-likeness (QED) is 0.795. The minimum absolute atomic E-state index is 0.0894. The summed E-state index contributed by atoms with van der Waals surface area (Å²) in [6.07, 6.45) is 1.81. The van der Waals surface area contributed by atoms with Crippen LogP contribution in [0, 0.1) is 0 Å². The lowest BCUT2D eigenvalue weighted by molar-refractivity contribution is -0.0841. The summed E-state index contributed by atoms with van der Waals surface area (Å²) in [6.45, 7) is 6.25. The number of rotatable bonds is 7. The normalized spacial score (nSPS) is 19.5. The molecule has 1 aliphatic heterocycles. The molecule has 1 aromatic rings. The van der Waals surface area contributed by atoms with Crippen molar-refractivity contribution in [3.8, 4) is 0 Å². The highest BCUT2D eigenvalue weighted by atomic mass is 16.5. The third-order valence-corrected chi connectivity index (χ3v) is 3.15. The molecule has 1 aliphatic rings. The van der Waals surface area contributed by atoms with Crippen LogP contribution in [0.1, 0.15) is 44.5 Å². The van der Waals surface area contributed by atoms with Gasteiger partial charge in [0.05, 0.1) is 5.60 Å². The fourth-order valence-electron chi connectivity index (χ4n) is 1.89. The average molecular weight is 255 g/mol. The minimum atomic E-state index is -0.0985. The first-order valence-electron chi connectivity index (χ1n) is 6.37. The van der Waals surface area contributed by atoms with E-state index in [2.05, 4.69) is 29.3 Å². The van der Waals surface area contributed by atoms with Gasteiger partial charge in [-0.2, -0.15) is 4.98 Å². The van der Waals surface area contributed by atoms with E-state index in [1.807, 2.05) is 0 Å². The largest absolute Gasteiger partial charge is 0.373 e. The predicted octanol–water partition coefficient (Wildman–Crippen LogP) is 1.44. The first kappa shape index (κ1) is 13.5. The Labute approximate surface area is 107 Å². The molecule has 0 saturated carbocycles. The lowest BCUT2D eigenvalue weighted by atomic mass is 10.0. The van der Waals surface area contributed by atoms with E-state index in [1.165, 1.54) is 0 Å². The van der Waals surface area contributed by atoms with Crippen molar-refractivity contribution in [3.05, 3.63) is 11.7 Å². The van der Waals surface area contributed by atoms with Gasteiger partial charge in [-0.25, -0.2) is 0 Å². The van der Waals surface area contributed by atoms with Crippen molar-refractivity contribution in [2.75, 3.05) is 20.2 Å². The fourth-order valence-corrected chi connectivity index (χ4v) is 1.89. The average Bonchev–Trinajstić information content (AvgIpc) is 2.79. The van der Waals surface area contributed by atoms with Crippen molar-refractivity contribution in [2.24, 2.45) is 0 Å². The number of methoxy groups -OCH3 is 1. The Morgan fingerprint density at radius 2 is 2.28 bits per heavy atom. The summed E-state index contributed by atoms with van der Waals surface area (Å²) in [5.74, 6) is 1.12. The van der Waals surface area contributed by atoms with Crippen LogP contribution in [0.25, 0.3) is 0 Å². The van der Waals surface area contributed by atoms with Gasteiger partial charge in [-0.15, -0.1) is 0 Å². The Hall–Kier alpha value is -0.980. The zero-order valence-corrected chi connectivity index (χ0v) is 11.2. The third-order valence-electron chi connectivity index (χ3n) is 3.15. The van der Waals surface area contributed by atoms with Crippen LogP contribution in [0.4, 0.5) is 0 Å². The van der Waals surface area contributed by atoms with Crippen LogP contribution in [0.5, 0.6) is 0 Å². The standard InChI is InChI=1S/C12H21N3O3/c1-4-5-9(16-3)11-14-10(18-15-11)6-17-12(2)7-13-8-12/h9,13H,4-8H2,1-3H3. The van der Waals surface area contributed by atoms with Crippen LogP contribution < -0.4 is 5.32 Å². The lowest BCUT2D eigenvalue weighted by Crippen LogP contribution is -2.58. The molecule has 1 unspecified atom stereocenters. The highest BCUT2D eigenvalue weighted by Crippen LogP contribution is 2.21. The van der Waals surface area contributed by atoms with E-state index < -0.39 is 0 Å². The van der Waals surface area contributed by atoms with Gasteiger partial charge >= 0.3 is 0 Å². The number of hydrogen-bond donors (Lipinski definition) is 1. The molecule has 1 fully saturated rings. The van der Waals surface area contributed by atoms with Crippen LogP contribution in [0.15, 0.2) is 4.52 Å². The van der Waals surface area contributed by atoms with Gasteiger partial charge in [0.25, 0.3) is 5.89 Å². The number of nitrogens with one attached hydrogen (secondary N) is 1. The fraction of sp³-hybridized carbons (Fsp3) is 0.833. The predicted molar refractivity (Wildman–Crippen MR) is 65.0 cm³/mol.